The van der Waals surface area contributed by atoms with E-state index in [0.29, 0.717) is 0 Å². The highest BCUT2D eigenvalue weighted by Crippen LogP contribution is 1.95. The SMILES string of the molecule is C=C/C(C)=c1/nc(CC(C)N)cc/c1=C/CC. The highest BCUT2D eigenvalue weighted by Gasteiger charge is 2.00. The Bertz CT molecular complexity index is 498. The van der Waals surface area contributed by atoms with Crippen molar-refractivity contribution in [3.8, 4) is 0 Å². The molecule has 17 heavy (non-hydrogen) atoms. The summed E-state index contributed by atoms with van der Waals surface area (Å²) in [5.41, 5.74) is 7.96. The number of nitrogens with zero attached hydrogens (tertiary/aromatic N) is 1. The van der Waals surface area contributed by atoms with Crippen molar-refractivity contribution in [1.29, 1.82) is 0 Å². The molecular formula is C15H22N2. The van der Waals surface area contributed by atoms with Gasteiger partial charge < -0.3 is 5.73 Å². The van der Waals surface area contributed by atoms with Crippen LogP contribution in [0.15, 0.2) is 24.8 Å². The van der Waals surface area contributed by atoms with Crippen molar-refractivity contribution in [2.24, 2.45) is 5.73 Å². The summed E-state index contributed by atoms with van der Waals surface area (Å²) in [6.07, 6.45) is 5.85. The molecular weight excluding hydrogens is 208 g/mol. The zero-order chi connectivity index (χ0) is 12.8. The smallest absolute Gasteiger partial charge is 0.0730 e. The van der Waals surface area contributed by atoms with Crippen molar-refractivity contribution >= 4 is 11.6 Å². The first-order valence-corrected chi connectivity index (χ1v) is 6.13. The fraction of sp³-hybridized carbons (Fsp3) is 0.400. The summed E-state index contributed by atoms with van der Waals surface area (Å²) >= 11 is 0. The van der Waals surface area contributed by atoms with Crippen LogP contribution in [-0.2, 0) is 6.42 Å². The fourth-order valence-corrected chi connectivity index (χ4v) is 1.75. The van der Waals surface area contributed by atoms with Gasteiger partial charge in [0.15, 0.2) is 0 Å². The molecule has 0 spiro atoms. The molecule has 2 N–H and O–H groups in total. The third-order valence-corrected chi connectivity index (χ3v) is 2.62. The van der Waals surface area contributed by atoms with E-state index in [9.17, 15) is 0 Å². The number of aromatic nitrogens is 1. The van der Waals surface area contributed by atoms with Crippen LogP contribution >= 0.6 is 0 Å². The molecule has 0 aromatic carbocycles. The van der Waals surface area contributed by atoms with E-state index in [0.717, 1.165) is 29.5 Å². The first-order valence-electron chi connectivity index (χ1n) is 6.13. The zero-order valence-corrected chi connectivity index (χ0v) is 11.0. The van der Waals surface area contributed by atoms with Gasteiger partial charge >= 0.3 is 0 Å². The lowest BCUT2D eigenvalue weighted by Crippen LogP contribution is -2.32. The Hall–Kier alpha value is -1.41. The summed E-state index contributed by atoms with van der Waals surface area (Å²) in [4.78, 5) is 4.68. The van der Waals surface area contributed by atoms with E-state index >= 15 is 0 Å². The van der Waals surface area contributed by atoms with Crippen molar-refractivity contribution in [3.63, 3.8) is 0 Å². The Morgan fingerprint density at radius 1 is 1.53 bits per heavy atom. The number of hydrogen-bond acceptors (Lipinski definition) is 2. The maximum atomic E-state index is 5.81. The first-order chi connectivity index (χ1) is 8.08. The Morgan fingerprint density at radius 2 is 2.24 bits per heavy atom. The van der Waals surface area contributed by atoms with Crippen molar-refractivity contribution in [2.75, 3.05) is 0 Å². The summed E-state index contributed by atoms with van der Waals surface area (Å²) in [7, 11) is 0. The quantitative estimate of drug-likeness (QED) is 0.851. The van der Waals surface area contributed by atoms with E-state index in [1.54, 1.807) is 0 Å². The van der Waals surface area contributed by atoms with Crippen LogP contribution < -0.4 is 16.3 Å². The molecule has 0 fully saturated rings. The van der Waals surface area contributed by atoms with Crippen LogP contribution in [0, 0.1) is 0 Å². The van der Waals surface area contributed by atoms with Crippen molar-refractivity contribution in [3.05, 3.63) is 41.0 Å². The average Bonchev–Trinajstić information content (AvgIpc) is 2.29. The second-order valence-corrected chi connectivity index (χ2v) is 4.42. The molecule has 2 nitrogen and oxygen atoms in total. The van der Waals surface area contributed by atoms with Gasteiger partial charge in [0.05, 0.1) is 5.35 Å². The third-order valence-electron chi connectivity index (χ3n) is 2.62. The number of rotatable bonds is 4. The zero-order valence-electron chi connectivity index (χ0n) is 11.0. The van der Waals surface area contributed by atoms with Gasteiger partial charge in [-0.1, -0.05) is 31.7 Å². The molecule has 0 aliphatic heterocycles. The van der Waals surface area contributed by atoms with Gasteiger partial charge in [-0.2, -0.15) is 0 Å². The minimum Gasteiger partial charge on any atom is -0.328 e. The summed E-state index contributed by atoms with van der Waals surface area (Å²) in [6, 6.07) is 4.32. The predicted octanol–water partition coefficient (Wildman–Crippen LogP) is 1.52. The van der Waals surface area contributed by atoms with Gasteiger partial charge in [0.2, 0.25) is 0 Å². The standard InChI is InChI=1S/C15H22N2/c1-5-7-13-8-9-14(10-12(4)16)17-15(13)11(3)6-2/h6-9,12H,2,5,10,16H2,1,3-4H3/b13-7-,15-11+. The van der Waals surface area contributed by atoms with Gasteiger partial charge in [-0.05, 0) is 37.1 Å². The van der Waals surface area contributed by atoms with E-state index in [-0.39, 0.29) is 6.04 Å². The van der Waals surface area contributed by atoms with Gasteiger partial charge in [0, 0.05) is 18.2 Å². The fourth-order valence-electron chi connectivity index (χ4n) is 1.75. The maximum absolute atomic E-state index is 5.81. The van der Waals surface area contributed by atoms with Crippen molar-refractivity contribution < 1.29 is 0 Å². The molecule has 0 radical (unpaired) electrons. The Morgan fingerprint density at radius 3 is 2.76 bits per heavy atom. The maximum Gasteiger partial charge on any atom is 0.0730 e. The Balaban J connectivity index is 3.41. The minimum absolute atomic E-state index is 0.139. The molecule has 92 valence electrons. The lowest BCUT2D eigenvalue weighted by Gasteiger charge is -2.05. The van der Waals surface area contributed by atoms with Crippen LogP contribution in [-0.4, -0.2) is 11.0 Å². The number of nitrogens with two attached hydrogens (primary N) is 1. The van der Waals surface area contributed by atoms with E-state index < -0.39 is 0 Å². The van der Waals surface area contributed by atoms with Crippen LogP contribution in [0.3, 0.4) is 0 Å². The van der Waals surface area contributed by atoms with Crippen LogP contribution in [0.5, 0.6) is 0 Å². The van der Waals surface area contributed by atoms with Gasteiger partial charge in [-0.25, -0.2) is 0 Å². The Labute approximate surface area is 104 Å². The molecule has 0 aliphatic rings. The second kappa shape index (κ2) is 6.36. The third kappa shape index (κ3) is 3.82. The molecule has 1 unspecified atom stereocenters. The highest BCUT2D eigenvalue weighted by molar-refractivity contribution is 5.52. The molecule has 1 aromatic rings. The summed E-state index contributed by atoms with van der Waals surface area (Å²) in [5.74, 6) is 0. The number of pyridine rings is 1. The number of allylic oxidation sites excluding steroid dienone is 1. The molecule has 0 saturated carbocycles. The lowest BCUT2D eigenvalue weighted by molar-refractivity contribution is 0.719. The van der Waals surface area contributed by atoms with E-state index in [1.807, 2.05) is 19.9 Å². The molecule has 1 atom stereocenters. The first kappa shape index (κ1) is 13.7. The van der Waals surface area contributed by atoms with E-state index in [4.69, 9.17) is 5.73 Å². The molecule has 1 heterocycles. The molecule has 1 aromatic heterocycles. The van der Waals surface area contributed by atoms with Gasteiger partial charge in [-0.15, -0.1) is 0 Å². The molecule has 2 heteroatoms. The predicted molar refractivity (Wildman–Crippen MR) is 74.9 cm³/mol. The topological polar surface area (TPSA) is 38.9 Å². The summed E-state index contributed by atoms with van der Waals surface area (Å²) < 4.78 is 0. The Kier molecular flexibility index (Phi) is 5.11. The summed E-state index contributed by atoms with van der Waals surface area (Å²) in [6.45, 7) is 9.98. The monoisotopic (exact) mass is 230 g/mol. The molecule has 1 rings (SSSR count). The molecule has 0 amide bonds. The minimum atomic E-state index is 0.139. The van der Waals surface area contributed by atoms with Crippen molar-refractivity contribution in [2.45, 2.75) is 39.7 Å². The van der Waals surface area contributed by atoms with Gasteiger partial charge in [0.25, 0.3) is 0 Å². The summed E-state index contributed by atoms with van der Waals surface area (Å²) in [5, 5.41) is 2.21. The van der Waals surface area contributed by atoms with Crippen LogP contribution in [0.25, 0.3) is 11.6 Å². The van der Waals surface area contributed by atoms with Crippen LogP contribution in [0.1, 0.15) is 32.9 Å². The second-order valence-electron chi connectivity index (χ2n) is 4.42. The van der Waals surface area contributed by atoms with Gasteiger partial charge in [-0.3, -0.25) is 4.98 Å². The number of hydrogen-bond donors (Lipinski definition) is 1. The highest BCUT2D eigenvalue weighted by atomic mass is 14.7. The van der Waals surface area contributed by atoms with Crippen LogP contribution in [0.2, 0.25) is 0 Å². The lowest BCUT2D eigenvalue weighted by atomic mass is 10.1. The molecule has 0 aliphatic carbocycles. The van der Waals surface area contributed by atoms with E-state index in [2.05, 4.69) is 36.7 Å². The normalized spacial score (nSPS) is 15.6. The van der Waals surface area contributed by atoms with Crippen molar-refractivity contribution in [1.82, 2.24) is 4.98 Å². The van der Waals surface area contributed by atoms with Gasteiger partial charge in [0.1, 0.15) is 0 Å². The molecule has 0 bridgehead atoms. The molecule has 0 saturated heterocycles. The largest absolute Gasteiger partial charge is 0.328 e. The van der Waals surface area contributed by atoms with E-state index in [1.165, 1.54) is 5.22 Å². The van der Waals surface area contributed by atoms with Crippen LogP contribution in [0.4, 0.5) is 0 Å². The average molecular weight is 230 g/mol.